The molecule has 0 aliphatic heterocycles. The van der Waals surface area contributed by atoms with Crippen LogP contribution in [0.4, 0.5) is 13.2 Å². The highest BCUT2D eigenvalue weighted by molar-refractivity contribution is 7.11. The minimum absolute atomic E-state index is 0.196. The van der Waals surface area contributed by atoms with E-state index < -0.39 is 6.36 Å². The maximum absolute atomic E-state index is 12.3. The minimum atomic E-state index is -4.69. The Bertz CT molecular complexity index is 598. The molecule has 0 saturated heterocycles. The third-order valence-corrected chi connectivity index (χ3v) is 3.73. The van der Waals surface area contributed by atoms with Crippen LogP contribution in [-0.4, -0.2) is 17.9 Å². The number of alkyl halides is 3. The second kappa shape index (κ2) is 6.44. The van der Waals surface area contributed by atoms with Crippen LogP contribution in [0.15, 0.2) is 30.5 Å². The molecule has 2 rings (SSSR count). The van der Waals surface area contributed by atoms with E-state index in [2.05, 4.69) is 15.0 Å². The van der Waals surface area contributed by atoms with Crippen LogP contribution < -0.4 is 10.1 Å². The molecule has 0 aliphatic carbocycles. The first-order chi connectivity index (χ1) is 9.89. The van der Waals surface area contributed by atoms with Gasteiger partial charge in [-0.2, -0.15) is 0 Å². The number of hydrogen-bond donors (Lipinski definition) is 1. The van der Waals surface area contributed by atoms with Gasteiger partial charge in [0.05, 0.1) is 11.0 Å². The van der Waals surface area contributed by atoms with E-state index in [1.54, 1.807) is 18.3 Å². The number of thiazole rings is 1. The Hall–Kier alpha value is -1.60. The van der Waals surface area contributed by atoms with Gasteiger partial charge in [0.15, 0.2) is 0 Å². The van der Waals surface area contributed by atoms with Crippen molar-refractivity contribution in [1.29, 1.82) is 0 Å². The Morgan fingerprint density at radius 1 is 1.38 bits per heavy atom. The molecule has 1 heterocycles. The summed E-state index contributed by atoms with van der Waals surface area (Å²) in [6.45, 7) is 4.52. The lowest BCUT2D eigenvalue weighted by atomic mass is 10.1. The second-order valence-corrected chi connectivity index (χ2v) is 5.66. The topological polar surface area (TPSA) is 34.1 Å². The van der Waals surface area contributed by atoms with Crippen molar-refractivity contribution in [3.8, 4) is 5.75 Å². The summed E-state index contributed by atoms with van der Waals surface area (Å²) < 4.78 is 40.9. The monoisotopic (exact) mass is 316 g/mol. The maximum atomic E-state index is 12.3. The molecular weight excluding hydrogens is 301 g/mol. The highest BCUT2D eigenvalue weighted by Gasteiger charge is 2.31. The molecule has 21 heavy (non-hydrogen) atoms. The van der Waals surface area contributed by atoms with Gasteiger partial charge in [0.2, 0.25) is 0 Å². The van der Waals surface area contributed by atoms with Crippen LogP contribution in [0.1, 0.15) is 28.4 Å². The molecule has 0 bridgehead atoms. The highest BCUT2D eigenvalue weighted by atomic mass is 32.1. The predicted octanol–water partition coefficient (Wildman–Crippen LogP) is 4.05. The van der Waals surface area contributed by atoms with Gasteiger partial charge in [0.1, 0.15) is 5.75 Å². The number of halogens is 3. The average molecular weight is 316 g/mol. The average Bonchev–Trinajstić information content (AvgIpc) is 2.80. The number of nitrogens with zero attached hydrogens (tertiary/aromatic N) is 1. The van der Waals surface area contributed by atoms with E-state index in [1.807, 2.05) is 13.8 Å². The Morgan fingerprint density at radius 2 is 2.14 bits per heavy atom. The van der Waals surface area contributed by atoms with Gasteiger partial charge in [0, 0.05) is 11.1 Å². The van der Waals surface area contributed by atoms with E-state index >= 15 is 0 Å². The first-order valence-electron chi connectivity index (χ1n) is 6.40. The number of nitrogens with one attached hydrogen (secondary N) is 1. The molecule has 2 aromatic rings. The van der Waals surface area contributed by atoms with Crippen molar-refractivity contribution in [3.05, 3.63) is 45.9 Å². The first kappa shape index (κ1) is 15.8. The van der Waals surface area contributed by atoms with E-state index in [9.17, 15) is 13.2 Å². The van der Waals surface area contributed by atoms with E-state index in [0.29, 0.717) is 12.1 Å². The largest absolute Gasteiger partial charge is 0.573 e. The molecule has 1 unspecified atom stereocenters. The zero-order valence-corrected chi connectivity index (χ0v) is 12.4. The zero-order valence-electron chi connectivity index (χ0n) is 11.6. The van der Waals surface area contributed by atoms with Gasteiger partial charge in [-0.3, -0.25) is 0 Å². The van der Waals surface area contributed by atoms with E-state index in [0.717, 1.165) is 9.88 Å². The van der Waals surface area contributed by atoms with E-state index in [4.69, 9.17) is 0 Å². The van der Waals surface area contributed by atoms with Crippen LogP contribution in [0.3, 0.4) is 0 Å². The summed E-state index contributed by atoms with van der Waals surface area (Å²) in [6.07, 6.45) is -2.95. The van der Waals surface area contributed by atoms with Gasteiger partial charge >= 0.3 is 6.36 Å². The van der Waals surface area contributed by atoms with Gasteiger partial charge in [0.25, 0.3) is 0 Å². The smallest absolute Gasteiger partial charge is 0.406 e. The number of hydrogen-bond acceptors (Lipinski definition) is 4. The normalized spacial score (nSPS) is 13.2. The number of rotatable bonds is 5. The van der Waals surface area contributed by atoms with Gasteiger partial charge in [-0.05, 0) is 31.2 Å². The third kappa shape index (κ3) is 4.44. The number of ether oxygens (including phenoxy) is 1. The number of aromatic nitrogens is 1. The first-order valence-corrected chi connectivity index (χ1v) is 7.22. The van der Waals surface area contributed by atoms with Gasteiger partial charge in [-0.1, -0.05) is 19.1 Å². The Balaban J connectivity index is 2.30. The quantitative estimate of drug-likeness (QED) is 0.903. The molecule has 1 aromatic carbocycles. The lowest BCUT2D eigenvalue weighted by Crippen LogP contribution is -2.22. The summed E-state index contributed by atoms with van der Waals surface area (Å²) in [5, 5.41) is 4.16. The van der Waals surface area contributed by atoms with Gasteiger partial charge < -0.3 is 10.1 Å². The van der Waals surface area contributed by atoms with Crippen molar-refractivity contribution in [1.82, 2.24) is 10.3 Å². The molecule has 7 heteroatoms. The van der Waals surface area contributed by atoms with Crippen molar-refractivity contribution in [2.24, 2.45) is 0 Å². The molecule has 0 spiro atoms. The fourth-order valence-corrected chi connectivity index (χ4v) is 2.88. The highest BCUT2D eigenvalue weighted by Crippen LogP contribution is 2.30. The molecule has 0 saturated carbocycles. The van der Waals surface area contributed by atoms with Crippen LogP contribution in [0, 0.1) is 6.92 Å². The molecule has 1 N–H and O–H groups in total. The summed E-state index contributed by atoms with van der Waals surface area (Å²) in [7, 11) is 0. The fourth-order valence-electron chi connectivity index (χ4n) is 1.99. The summed E-state index contributed by atoms with van der Waals surface area (Å²) in [5.74, 6) is -0.218. The Labute approximate surface area is 124 Å². The van der Waals surface area contributed by atoms with Crippen LogP contribution in [-0.2, 0) is 0 Å². The Kier molecular flexibility index (Phi) is 4.84. The number of aryl methyl sites for hydroxylation is 1. The molecule has 114 valence electrons. The van der Waals surface area contributed by atoms with Gasteiger partial charge in [-0.25, -0.2) is 4.98 Å². The number of benzene rings is 1. The molecule has 0 radical (unpaired) electrons. The van der Waals surface area contributed by atoms with E-state index in [1.165, 1.54) is 23.5 Å². The molecule has 0 aliphatic rings. The van der Waals surface area contributed by atoms with Crippen LogP contribution in [0.25, 0.3) is 0 Å². The van der Waals surface area contributed by atoms with Crippen molar-refractivity contribution in [2.75, 3.05) is 6.54 Å². The third-order valence-electron chi connectivity index (χ3n) is 2.76. The minimum Gasteiger partial charge on any atom is -0.406 e. The van der Waals surface area contributed by atoms with Crippen molar-refractivity contribution < 1.29 is 17.9 Å². The maximum Gasteiger partial charge on any atom is 0.573 e. The van der Waals surface area contributed by atoms with Crippen LogP contribution in [0.2, 0.25) is 0 Å². The standard InChI is InChI=1S/C14H15F3N2OS/c1-3-18-13(12-8-19-9(2)21-12)10-5-4-6-11(7-10)20-14(15,16)17/h4-8,13,18H,3H2,1-2H3. The van der Waals surface area contributed by atoms with Crippen molar-refractivity contribution in [3.63, 3.8) is 0 Å². The SMILES string of the molecule is CCNC(c1cccc(OC(F)(F)F)c1)c1cnc(C)s1. The van der Waals surface area contributed by atoms with Crippen molar-refractivity contribution >= 4 is 11.3 Å². The fraction of sp³-hybridized carbons (Fsp3) is 0.357. The Morgan fingerprint density at radius 3 is 2.71 bits per heavy atom. The molecule has 1 aromatic heterocycles. The molecule has 0 amide bonds. The molecule has 0 fully saturated rings. The lowest BCUT2D eigenvalue weighted by Gasteiger charge is -2.18. The summed E-state index contributed by atoms with van der Waals surface area (Å²) in [6, 6.07) is 5.81. The van der Waals surface area contributed by atoms with Crippen molar-refractivity contribution in [2.45, 2.75) is 26.3 Å². The molecular formula is C14H15F3N2OS. The predicted molar refractivity (Wildman–Crippen MR) is 75.5 cm³/mol. The van der Waals surface area contributed by atoms with E-state index in [-0.39, 0.29) is 11.8 Å². The summed E-state index contributed by atoms with van der Waals surface area (Å²) in [5.41, 5.74) is 0.710. The lowest BCUT2D eigenvalue weighted by molar-refractivity contribution is -0.274. The molecule has 3 nitrogen and oxygen atoms in total. The zero-order chi connectivity index (χ0) is 15.5. The van der Waals surface area contributed by atoms with Crippen LogP contribution >= 0.6 is 11.3 Å². The summed E-state index contributed by atoms with van der Waals surface area (Å²) in [4.78, 5) is 5.15. The summed E-state index contributed by atoms with van der Waals surface area (Å²) >= 11 is 1.51. The van der Waals surface area contributed by atoms with Crippen LogP contribution in [0.5, 0.6) is 5.75 Å². The molecule has 1 atom stereocenters. The second-order valence-electron chi connectivity index (χ2n) is 4.39. The van der Waals surface area contributed by atoms with Gasteiger partial charge in [-0.15, -0.1) is 24.5 Å².